The van der Waals surface area contributed by atoms with E-state index >= 15 is 0 Å². The Bertz CT molecular complexity index is 894. The van der Waals surface area contributed by atoms with Gasteiger partial charge in [0.25, 0.3) is 0 Å². The van der Waals surface area contributed by atoms with Crippen LogP contribution in [0.25, 0.3) is 0 Å². The smallest absolute Gasteiger partial charge is 0.192 e. The third-order valence-corrected chi connectivity index (χ3v) is 5.71. The van der Waals surface area contributed by atoms with Crippen molar-refractivity contribution >= 4 is 5.96 Å². The van der Waals surface area contributed by atoms with Crippen molar-refractivity contribution in [3.05, 3.63) is 41.2 Å². The molecule has 2 N–H and O–H groups in total. The number of piperidine rings is 1. The van der Waals surface area contributed by atoms with E-state index in [2.05, 4.69) is 25.7 Å². The van der Waals surface area contributed by atoms with Gasteiger partial charge in [0.15, 0.2) is 23.4 Å². The zero-order valence-corrected chi connectivity index (χ0v) is 19.4. The molecule has 2 aromatic rings. The number of nitrogens with one attached hydrogen (secondary N) is 2. The van der Waals surface area contributed by atoms with E-state index in [1.54, 1.807) is 19.2 Å². The highest BCUT2D eigenvalue weighted by Crippen LogP contribution is 2.20. The number of guanidine groups is 1. The van der Waals surface area contributed by atoms with Gasteiger partial charge in [-0.2, -0.15) is 0 Å². The predicted octanol–water partition coefficient (Wildman–Crippen LogP) is 1.62. The Labute approximate surface area is 189 Å². The highest BCUT2D eigenvalue weighted by atomic mass is 19.1. The first-order valence-electron chi connectivity index (χ1n) is 10.9. The number of ether oxygens (including phenoxy) is 2. The number of aromatic nitrogens is 3. The Morgan fingerprint density at radius 2 is 2.03 bits per heavy atom. The van der Waals surface area contributed by atoms with Gasteiger partial charge in [-0.05, 0) is 37.5 Å². The fourth-order valence-corrected chi connectivity index (χ4v) is 3.66. The number of hydrogen-bond acceptors (Lipinski definition) is 6. The van der Waals surface area contributed by atoms with Crippen molar-refractivity contribution in [3.8, 4) is 5.75 Å². The minimum absolute atomic E-state index is 0.279. The molecular formula is C22H34FN7O2. The van der Waals surface area contributed by atoms with Gasteiger partial charge in [0.05, 0.1) is 13.7 Å². The molecule has 1 saturated heterocycles. The average molecular weight is 448 g/mol. The summed E-state index contributed by atoms with van der Waals surface area (Å²) in [6.07, 6.45) is 1.96. The second-order valence-electron chi connectivity index (χ2n) is 7.97. The van der Waals surface area contributed by atoms with Crippen LogP contribution in [-0.4, -0.2) is 72.1 Å². The summed E-state index contributed by atoms with van der Waals surface area (Å²) in [5.74, 6) is 2.39. The first-order valence-corrected chi connectivity index (χ1v) is 10.9. The molecular weight excluding hydrogens is 413 g/mol. The van der Waals surface area contributed by atoms with Gasteiger partial charge in [0.1, 0.15) is 12.4 Å². The van der Waals surface area contributed by atoms with Crippen LogP contribution in [-0.2, 0) is 24.9 Å². The molecule has 9 nitrogen and oxygen atoms in total. The molecule has 176 valence electrons. The van der Waals surface area contributed by atoms with Crippen LogP contribution in [0.4, 0.5) is 4.39 Å². The van der Waals surface area contributed by atoms with Crippen molar-refractivity contribution < 1.29 is 13.9 Å². The fourth-order valence-electron chi connectivity index (χ4n) is 3.66. The molecule has 3 rings (SSSR count). The number of benzene rings is 1. The minimum Gasteiger partial charge on any atom is -0.494 e. The zero-order valence-electron chi connectivity index (χ0n) is 19.4. The molecule has 1 aliphatic heterocycles. The number of methoxy groups -OCH3 is 2. The maximum absolute atomic E-state index is 14.0. The molecule has 0 spiro atoms. The van der Waals surface area contributed by atoms with E-state index in [9.17, 15) is 4.39 Å². The van der Waals surface area contributed by atoms with E-state index < -0.39 is 0 Å². The number of likely N-dealkylation sites (tertiary alicyclic amines) is 1. The summed E-state index contributed by atoms with van der Waals surface area (Å²) in [4.78, 5) is 7.04. The molecule has 32 heavy (non-hydrogen) atoms. The standard InChI is InChI=1S/C22H34FN7O2/c1-16-27-28-21(29(16)2)14-25-22(24-9-12-31-3)26-18-7-10-30(11-8-18)15-17-5-6-20(32-4)19(23)13-17/h5-6,13,18H,7-12,14-15H2,1-4H3,(H2,24,25,26). The van der Waals surface area contributed by atoms with Crippen LogP contribution in [0.3, 0.4) is 0 Å². The quantitative estimate of drug-likeness (QED) is 0.343. The van der Waals surface area contributed by atoms with Crippen molar-refractivity contribution in [2.75, 3.05) is 40.5 Å². The molecule has 0 unspecified atom stereocenters. The first kappa shape index (κ1) is 23.9. The molecule has 2 heterocycles. The fraction of sp³-hybridized carbons (Fsp3) is 0.591. The third-order valence-electron chi connectivity index (χ3n) is 5.71. The summed E-state index contributed by atoms with van der Waals surface area (Å²) in [6, 6.07) is 5.48. The lowest BCUT2D eigenvalue weighted by atomic mass is 10.0. The van der Waals surface area contributed by atoms with Gasteiger partial charge in [0.2, 0.25) is 0 Å². The summed E-state index contributed by atoms with van der Waals surface area (Å²) in [5, 5.41) is 15.1. The SMILES string of the molecule is COCCNC(=NCc1nnc(C)n1C)NC1CCN(Cc2ccc(OC)c(F)c2)CC1. The lowest BCUT2D eigenvalue weighted by Gasteiger charge is -2.33. The highest BCUT2D eigenvalue weighted by molar-refractivity contribution is 5.80. The topological polar surface area (TPSA) is 88.8 Å². The molecule has 0 bridgehead atoms. The summed E-state index contributed by atoms with van der Waals surface area (Å²) in [5.41, 5.74) is 0.956. The van der Waals surface area contributed by atoms with E-state index in [1.165, 1.54) is 7.11 Å². The van der Waals surface area contributed by atoms with Crippen LogP contribution in [0, 0.1) is 12.7 Å². The van der Waals surface area contributed by atoms with Gasteiger partial charge in [-0.25, -0.2) is 9.38 Å². The third kappa shape index (κ3) is 6.64. The van der Waals surface area contributed by atoms with E-state index in [1.807, 2.05) is 24.6 Å². The largest absolute Gasteiger partial charge is 0.494 e. The summed E-state index contributed by atoms with van der Waals surface area (Å²) in [6.45, 7) is 6.22. The van der Waals surface area contributed by atoms with Gasteiger partial charge in [-0.1, -0.05) is 6.07 Å². The monoisotopic (exact) mass is 447 g/mol. The van der Waals surface area contributed by atoms with Crippen LogP contribution in [0.1, 0.15) is 30.1 Å². The molecule has 0 aliphatic carbocycles. The predicted molar refractivity (Wildman–Crippen MR) is 121 cm³/mol. The highest BCUT2D eigenvalue weighted by Gasteiger charge is 2.20. The maximum atomic E-state index is 14.0. The van der Waals surface area contributed by atoms with Crippen molar-refractivity contribution in [1.82, 2.24) is 30.3 Å². The van der Waals surface area contributed by atoms with Gasteiger partial charge in [-0.3, -0.25) is 4.90 Å². The molecule has 1 fully saturated rings. The Morgan fingerprint density at radius 3 is 2.66 bits per heavy atom. The number of aliphatic imine (C=N–C) groups is 1. The molecule has 0 atom stereocenters. The van der Waals surface area contributed by atoms with Gasteiger partial charge >= 0.3 is 0 Å². The zero-order chi connectivity index (χ0) is 22.9. The number of hydrogen-bond donors (Lipinski definition) is 2. The Hall–Kier alpha value is -2.72. The van der Waals surface area contributed by atoms with E-state index in [0.717, 1.165) is 55.6 Å². The van der Waals surface area contributed by atoms with E-state index in [4.69, 9.17) is 14.5 Å². The molecule has 10 heteroatoms. The van der Waals surface area contributed by atoms with Crippen molar-refractivity contribution in [2.45, 2.75) is 38.9 Å². The summed E-state index contributed by atoms with van der Waals surface area (Å²) < 4.78 is 26.1. The molecule has 1 aliphatic rings. The van der Waals surface area contributed by atoms with Gasteiger partial charge in [-0.15, -0.1) is 10.2 Å². The molecule has 0 amide bonds. The molecule has 1 aromatic carbocycles. The summed E-state index contributed by atoms with van der Waals surface area (Å²) >= 11 is 0. The Kier molecular flexibility index (Phi) is 8.81. The van der Waals surface area contributed by atoms with Crippen LogP contribution in [0.2, 0.25) is 0 Å². The normalized spacial score (nSPS) is 15.7. The van der Waals surface area contributed by atoms with Crippen molar-refractivity contribution in [2.24, 2.45) is 12.0 Å². The van der Waals surface area contributed by atoms with E-state index in [0.29, 0.717) is 25.7 Å². The molecule has 0 saturated carbocycles. The minimum atomic E-state index is -0.317. The maximum Gasteiger partial charge on any atom is 0.192 e. The second kappa shape index (κ2) is 11.8. The van der Waals surface area contributed by atoms with E-state index in [-0.39, 0.29) is 11.6 Å². The van der Waals surface area contributed by atoms with Crippen LogP contribution in [0.15, 0.2) is 23.2 Å². The van der Waals surface area contributed by atoms with Crippen LogP contribution >= 0.6 is 0 Å². The average Bonchev–Trinajstić information content (AvgIpc) is 3.11. The van der Waals surface area contributed by atoms with Crippen LogP contribution in [0.5, 0.6) is 5.75 Å². The second-order valence-corrected chi connectivity index (χ2v) is 7.97. The Balaban J connectivity index is 1.53. The van der Waals surface area contributed by atoms with Gasteiger partial charge in [0, 0.05) is 46.4 Å². The van der Waals surface area contributed by atoms with Gasteiger partial charge < -0.3 is 24.7 Å². The van der Waals surface area contributed by atoms with Crippen LogP contribution < -0.4 is 15.4 Å². The van der Waals surface area contributed by atoms with Crippen molar-refractivity contribution in [3.63, 3.8) is 0 Å². The lowest BCUT2D eigenvalue weighted by Crippen LogP contribution is -2.49. The number of aryl methyl sites for hydroxylation is 1. The number of halogens is 1. The molecule has 1 aromatic heterocycles. The Morgan fingerprint density at radius 1 is 1.25 bits per heavy atom. The first-order chi connectivity index (χ1) is 15.5. The lowest BCUT2D eigenvalue weighted by molar-refractivity contribution is 0.196. The van der Waals surface area contributed by atoms with Crippen molar-refractivity contribution in [1.29, 1.82) is 0 Å². The summed E-state index contributed by atoms with van der Waals surface area (Å²) in [7, 11) is 5.10. The number of rotatable bonds is 9. The molecule has 0 radical (unpaired) electrons. The number of nitrogens with zero attached hydrogens (tertiary/aromatic N) is 5.